The molecule has 1 aromatic heterocycles. The van der Waals surface area contributed by atoms with Gasteiger partial charge in [0.2, 0.25) is 0 Å². The van der Waals surface area contributed by atoms with Crippen LogP contribution < -0.4 is 0 Å². The summed E-state index contributed by atoms with van der Waals surface area (Å²) >= 11 is 3.35. The standard InChI is InChI=1S/C14H13BrN2O/c1-2-17-13(8-9-16-17)6-7-14(18)11-4-3-5-12(15)10-11/h3-10H,2H2,1H3/b7-6+. The third-order valence-corrected chi connectivity index (χ3v) is 3.06. The van der Waals surface area contributed by atoms with E-state index < -0.39 is 0 Å². The summed E-state index contributed by atoms with van der Waals surface area (Å²) in [7, 11) is 0. The third-order valence-electron chi connectivity index (χ3n) is 2.56. The zero-order valence-electron chi connectivity index (χ0n) is 10.0. The Morgan fingerprint density at radius 3 is 3.00 bits per heavy atom. The van der Waals surface area contributed by atoms with Gasteiger partial charge in [0, 0.05) is 22.8 Å². The van der Waals surface area contributed by atoms with E-state index in [1.54, 1.807) is 24.4 Å². The van der Waals surface area contributed by atoms with Crippen molar-refractivity contribution in [2.45, 2.75) is 13.5 Å². The topological polar surface area (TPSA) is 34.9 Å². The summed E-state index contributed by atoms with van der Waals surface area (Å²) < 4.78 is 2.74. The summed E-state index contributed by atoms with van der Waals surface area (Å²) in [6, 6.07) is 9.24. The lowest BCUT2D eigenvalue weighted by Gasteiger charge is -1.99. The van der Waals surface area contributed by atoms with Crippen molar-refractivity contribution < 1.29 is 4.79 Å². The molecule has 0 radical (unpaired) electrons. The number of nitrogens with zero attached hydrogens (tertiary/aromatic N) is 2. The molecular formula is C14H13BrN2O. The first-order valence-electron chi connectivity index (χ1n) is 5.70. The molecule has 0 unspecified atom stereocenters. The van der Waals surface area contributed by atoms with Gasteiger partial charge in [0.1, 0.15) is 0 Å². The van der Waals surface area contributed by atoms with Gasteiger partial charge in [-0.3, -0.25) is 9.48 Å². The van der Waals surface area contributed by atoms with Crippen molar-refractivity contribution in [2.24, 2.45) is 0 Å². The van der Waals surface area contributed by atoms with Gasteiger partial charge < -0.3 is 0 Å². The van der Waals surface area contributed by atoms with Crippen LogP contribution in [0.5, 0.6) is 0 Å². The van der Waals surface area contributed by atoms with E-state index in [0.717, 1.165) is 16.7 Å². The highest BCUT2D eigenvalue weighted by Gasteiger charge is 2.02. The number of rotatable bonds is 4. The number of hydrogen-bond donors (Lipinski definition) is 0. The van der Waals surface area contributed by atoms with Crippen LogP contribution in [0.3, 0.4) is 0 Å². The van der Waals surface area contributed by atoms with E-state index in [2.05, 4.69) is 21.0 Å². The number of carbonyl (C=O) groups excluding carboxylic acids is 1. The number of allylic oxidation sites excluding steroid dienone is 1. The lowest BCUT2D eigenvalue weighted by atomic mass is 10.1. The number of ketones is 1. The minimum absolute atomic E-state index is 0.0137. The third kappa shape index (κ3) is 2.96. The largest absolute Gasteiger partial charge is 0.289 e. The second-order valence-corrected chi connectivity index (χ2v) is 4.70. The average molecular weight is 305 g/mol. The minimum atomic E-state index is -0.0137. The maximum atomic E-state index is 12.0. The van der Waals surface area contributed by atoms with E-state index in [9.17, 15) is 4.79 Å². The fourth-order valence-corrected chi connectivity index (χ4v) is 2.05. The van der Waals surface area contributed by atoms with Crippen molar-refractivity contribution in [2.75, 3.05) is 0 Å². The number of carbonyl (C=O) groups is 1. The van der Waals surface area contributed by atoms with Crippen LogP contribution in [0, 0.1) is 0 Å². The van der Waals surface area contributed by atoms with Gasteiger partial charge in [-0.2, -0.15) is 5.10 Å². The van der Waals surface area contributed by atoms with Crippen LogP contribution in [0.4, 0.5) is 0 Å². The van der Waals surface area contributed by atoms with Crippen molar-refractivity contribution in [3.63, 3.8) is 0 Å². The number of hydrogen-bond acceptors (Lipinski definition) is 2. The number of halogens is 1. The average Bonchev–Trinajstić information content (AvgIpc) is 2.83. The molecular weight excluding hydrogens is 292 g/mol. The summed E-state index contributed by atoms with van der Waals surface area (Å²) in [4.78, 5) is 12.0. The molecule has 0 atom stereocenters. The van der Waals surface area contributed by atoms with E-state index in [1.807, 2.05) is 35.9 Å². The number of aromatic nitrogens is 2. The second kappa shape index (κ2) is 5.78. The van der Waals surface area contributed by atoms with Gasteiger partial charge >= 0.3 is 0 Å². The zero-order chi connectivity index (χ0) is 13.0. The minimum Gasteiger partial charge on any atom is -0.289 e. The molecule has 0 bridgehead atoms. The second-order valence-electron chi connectivity index (χ2n) is 3.78. The normalized spacial score (nSPS) is 11.0. The molecule has 0 amide bonds. The van der Waals surface area contributed by atoms with E-state index in [0.29, 0.717) is 5.56 Å². The van der Waals surface area contributed by atoms with Crippen molar-refractivity contribution >= 4 is 27.8 Å². The molecule has 0 fully saturated rings. The predicted molar refractivity (Wildman–Crippen MR) is 75.4 cm³/mol. The van der Waals surface area contributed by atoms with Crippen LogP contribution in [0.25, 0.3) is 6.08 Å². The molecule has 92 valence electrons. The molecule has 1 heterocycles. The molecule has 1 aromatic carbocycles. The van der Waals surface area contributed by atoms with Gasteiger partial charge in [0.05, 0.1) is 5.69 Å². The summed E-state index contributed by atoms with van der Waals surface area (Å²) in [6.07, 6.45) is 5.09. The molecule has 0 aliphatic heterocycles. The molecule has 0 aliphatic carbocycles. The van der Waals surface area contributed by atoms with E-state index in [4.69, 9.17) is 0 Å². The number of benzene rings is 1. The molecule has 2 aromatic rings. The molecule has 0 aliphatic rings. The van der Waals surface area contributed by atoms with Gasteiger partial charge in [-0.25, -0.2) is 0 Å². The Morgan fingerprint density at radius 2 is 2.28 bits per heavy atom. The lowest BCUT2D eigenvalue weighted by molar-refractivity contribution is 0.104. The van der Waals surface area contributed by atoms with Crippen molar-refractivity contribution in [1.29, 1.82) is 0 Å². The van der Waals surface area contributed by atoms with Crippen LogP contribution in [0.2, 0.25) is 0 Å². The fourth-order valence-electron chi connectivity index (χ4n) is 1.65. The highest BCUT2D eigenvalue weighted by atomic mass is 79.9. The van der Waals surface area contributed by atoms with Crippen LogP contribution in [-0.2, 0) is 6.54 Å². The molecule has 0 saturated heterocycles. The Labute approximate surface area is 114 Å². The smallest absolute Gasteiger partial charge is 0.185 e. The monoisotopic (exact) mass is 304 g/mol. The van der Waals surface area contributed by atoms with Gasteiger partial charge in [-0.15, -0.1) is 0 Å². The zero-order valence-corrected chi connectivity index (χ0v) is 11.6. The van der Waals surface area contributed by atoms with Gasteiger partial charge in [0.15, 0.2) is 5.78 Å². The fraction of sp³-hybridized carbons (Fsp3) is 0.143. The molecule has 0 saturated carbocycles. The summed E-state index contributed by atoms with van der Waals surface area (Å²) in [6.45, 7) is 2.80. The van der Waals surface area contributed by atoms with E-state index in [-0.39, 0.29) is 5.78 Å². The maximum absolute atomic E-state index is 12.0. The Morgan fingerprint density at radius 1 is 1.44 bits per heavy atom. The highest BCUT2D eigenvalue weighted by molar-refractivity contribution is 9.10. The number of aryl methyl sites for hydroxylation is 1. The molecule has 0 N–H and O–H groups in total. The molecule has 18 heavy (non-hydrogen) atoms. The first kappa shape index (κ1) is 12.8. The Hall–Kier alpha value is -1.68. The Balaban J connectivity index is 2.17. The Kier molecular flexibility index (Phi) is 4.10. The quantitative estimate of drug-likeness (QED) is 0.639. The summed E-state index contributed by atoms with van der Waals surface area (Å²) in [5, 5.41) is 4.15. The van der Waals surface area contributed by atoms with Crippen molar-refractivity contribution in [3.8, 4) is 0 Å². The van der Waals surface area contributed by atoms with Gasteiger partial charge in [-0.05, 0) is 37.3 Å². The first-order chi connectivity index (χ1) is 8.70. The highest BCUT2D eigenvalue weighted by Crippen LogP contribution is 2.13. The predicted octanol–water partition coefficient (Wildman–Crippen LogP) is 3.56. The summed E-state index contributed by atoms with van der Waals surface area (Å²) in [5.74, 6) is -0.0137. The Bertz CT molecular complexity index is 587. The summed E-state index contributed by atoms with van der Waals surface area (Å²) in [5.41, 5.74) is 1.60. The first-order valence-corrected chi connectivity index (χ1v) is 6.50. The van der Waals surface area contributed by atoms with E-state index in [1.165, 1.54) is 0 Å². The van der Waals surface area contributed by atoms with E-state index >= 15 is 0 Å². The molecule has 0 spiro atoms. The van der Waals surface area contributed by atoms with Crippen LogP contribution >= 0.6 is 15.9 Å². The molecule has 3 nitrogen and oxygen atoms in total. The molecule has 4 heteroatoms. The van der Waals surface area contributed by atoms with Crippen LogP contribution in [0.1, 0.15) is 23.0 Å². The van der Waals surface area contributed by atoms with Crippen molar-refractivity contribution in [3.05, 3.63) is 58.3 Å². The van der Waals surface area contributed by atoms with Crippen molar-refractivity contribution in [1.82, 2.24) is 9.78 Å². The van der Waals surface area contributed by atoms with Crippen LogP contribution in [0.15, 0.2) is 47.1 Å². The lowest BCUT2D eigenvalue weighted by Crippen LogP contribution is -1.99. The van der Waals surface area contributed by atoms with Gasteiger partial charge in [-0.1, -0.05) is 28.1 Å². The van der Waals surface area contributed by atoms with Crippen LogP contribution in [-0.4, -0.2) is 15.6 Å². The molecule has 2 rings (SSSR count). The van der Waals surface area contributed by atoms with Gasteiger partial charge in [0.25, 0.3) is 0 Å². The maximum Gasteiger partial charge on any atom is 0.185 e. The SMILES string of the molecule is CCn1nccc1/C=C/C(=O)c1cccc(Br)c1.